The van der Waals surface area contributed by atoms with E-state index >= 15 is 0 Å². The first-order chi connectivity index (χ1) is 9.58. The number of para-hydroxylation sites is 1. The quantitative estimate of drug-likeness (QED) is 0.765. The van der Waals surface area contributed by atoms with Crippen LogP contribution < -0.4 is 15.5 Å². The fourth-order valence-corrected chi connectivity index (χ4v) is 2.14. The zero-order valence-corrected chi connectivity index (χ0v) is 13.1. The molecule has 4 nitrogen and oxygen atoms in total. The number of hydrogen-bond acceptors (Lipinski definition) is 3. The van der Waals surface area contributed by atoms with Crippen molar-refractivity contribution >= 4 is 11.6 Å². The Morgan fingerprint density at radius 1 is 1.25 bits per heavy atom. The molecule has 0 aromatic heterocycles. The van der Waals surface area contributed by atoms with Crippen molar-refractivity contribution in [2.45, 2.75) is 40.3 Å². The second-order valence-electron chi connectivity index (χ2n) is 5.15. The first-order valence-corrected chi connectivity index (χ1v) is 7.41. The van der Waals surface area contributed by atoms with Crippen molar-refractivity contribution < 1.29 is 4.79 Å². The van der Waals surface area contributed by atoms with Crippen LogP contribution in [0.5, 0.6) is 0 Å². The summed E-state index contributed by atoms with van der Waals surface area (Å²) in [4.78, 5) is 14.1. The van der Waals surface area contributed by atoms with E-state index in [0.717, 1.165) is 25.3 Å². The summed E-state index contributed by atoms with van der Waals surface area (Å²) in [5, 5.41) is 6.29. The molecule has 1 aromatic rings. The van der Waals surface area contributed by atoms with Gasteiger partial charge in [0, 0.05) is 24.8 Å². The van der Waals surface area contributed by atoms with Gasteiger partial charge in [0.05, 0.1) is 6.54 Å². The summed E-state index contributed by atoms with van der Waals surface area (Å²) >= 11 is 0. The highest BCUT2D eigenvalue weighted by Gasteiger charge is 2.13. The Labute approximate surface area is 122 Å². The Morgan fingerprint density at radius 2 is 1.95 bits per heavy atom. The van der Waals surface area contributed by atoms with Gasteiger partial charge >= 0.3 is 0 Å². The highest BCUT2D eigenvalue weighted by Crippen LogP contribution is 2.20. The molecule has 1 rings (SSSR count). The third-order valence-corrected chi connectivity index (χ3v) is 3.06. The summed E-state index contributed by atoms with van der Waals surface area (Å²) in [7, 11) is 0. The molecule has 0 fully saturated rings. The van der Waals surface area contributed by atoms with Crippen LogP contribution in [-0.2, 0) is 11.3 Å². The number of carbonyl (C=O) groups excluding carboxylic acids is 1. The molecule has 2 N–H and O–H groups in total. The van der Waals surface area contributed by atoms with E-state index in [2.05, 4.69) is 41.5 Å². The van der Waals surface area contributed by atoms with Gasteiger partial charge in [-0.2, -0.15) is 0 Å². The van der Waals surface area contributed by atoms with Crippen molar-refractivity contribution in [3.05, 3.63) is 29.8 Å². The molecule has 4 heteroatoms. The topological polar surface area (TPSA) is 44.4 Å². The fraction of sp³-hybridized carbons (Fsp3) is 0.562. The third-order valence-electron chi connectivity index (χ3n) is 3.06. The maximum Gasteiger partial charge on any atom is 0.239 e. The van der Waals surface area contributed by atoms with E-state index in [-0.39, 0.29) is 11.9 Å². The van der Waals surface area contributed by atoms with Gasteiger partial charge in [0.25, 0.3) is 0 Å². The van der Waals surface area contributed by atoms with Crippen molar-refractivity contribution in [2.24, 2.45) is 0 Å². The third kappa shape index (κ3) is 5.21. The summed E-state index contributed by atoms with van der Waals surface area (Å²) in [6.07, 6.45) is 0. The van der Waals surface area contributed by atoms with Crippen LogP contribution in [-0.4, -0.2) is 31.6 Å². The number of nitrogens with zero attached hydrogens (tertiary/aromatic N) is 1. The monoisotopic (exact) mass is 277 g/mol. The number of rotatable bonds is 8. The smallest absolute Gasteiger partial charge is 0.239 e. The second kappa shape index (κ2) is 8.59. The van der Waals surface area contributed by atoms with Gasteiger partial charge in [-0.05, 0) is 38.9 Å². The summed E-state index contributed by atoms with van der Waals surface area (Å²) in [6.45, 7) is 11.1. The Hall–Kier alpha value is -1.55. The SMILES string of the molecule is CCNCc1ccccc1N(CC)CC(=O)NC(C)C. The number of hydrogen-bond donors (Lipinski definition) is 2. The van der Waals surface area contributed by atoms with Crippen LogP contribution in [0.15, 0.2) is 24.3 Å². The van der Waals surface area contributed by atoms with Gasteiger partial charge in [-0.25, -0.2) is 0 Å². The molecule has 20 heavy (non-hydrogen) atoms. The molecule has 1 aromatic carbocycles. The van der Waals surface area contributed by atoms with E-state index < -0.39 is 0 Å². The van der Waals surface area contributed by atoms with Crippen LogP contribution in [0.3, 0.4) is 0 Å². The molecule has 0 bridgehead atoms. The molecule has 0 aliphatic heterocycles. The Bertz CT molecular complexity index is 418. The van der Waals surface area contributed by atoms with Crippen molar-refractivity contribution in [3.63, 3.8) is 0 Å². The number of anilines is 1. The molecule has 0 aliphatic rings. The average Bonchev–Trinajstić information content (AvgIpc) is 2.42. The van der Waals surface area contributed by atoms with Crippen LogP contribution in [0.1, 0.15) is 33.3 Å². The van der Waals surface area contributed by atoms with Crippen LogP contribution in [0.25, 0.3) is 0 Å². The maximum atomic E-state index is 12.0. The van der Waals surface area contributed by atoms with Gasteiger partial charge in [-0.3, -0.25) is 4.79 Å². The van der Waals surface area contributed by atoms with Crippen LogP contribution >= 0.6 is 0 Å². The van der Waals surface area contributed by atoms with E-state index in [0.29, 0.717) is 6.54 Å². The predicted molar refractivity (Wildman–Crippen MR) is 85.0 cm³/mol. The minimum Gasteiger partial charge on any atom is -0.362 e. The van der Waals surface area contributed by atoms with Crippen molar-refractivity contribution in [1.29, 1.82) is 0 Å². The van der Waals surface area contributed by atoms with Crippen molar-refractivity contribution in [1.82, 2.24) is 10.6 Å². The number of likely N-dealkylation sites (N-methyl/N-ethyl adjacent to an activating group) is 1. The van der Waals surface area contributed by atoms with Crippen molar-refractivity contribution in [2.75, 3.05) is 24.5 Å². The molecular formula is C16H27N3O. The van der Waals surface area contributed by atoms with Crippen LogP contribution in [0, 0.1) is 0 Å². The minimum absolute atomic E-state index is 0.0695. The molecule has 0 aliphatic carbocycles. The van der Waals surface area contributed by atoms with Gasteiger partial charge in [-0.1, -0.05) is 25.1 Å². The highest BCUT2D eigenvalue weighted by molar-refractivity contribution is 5.81. The second-order valence-corrected chi connectivity index (χ2v) is 5.15. The molecule has 0 heterocycles. The lowest BCUT2D eigenvalue weighted by Gasteiger charge is -2.25. The van der Waals surface area contributed by atoms with Gasteiger partial charge in [-0.15, -0.1) is 0 Å². The maximum absolute atomic E-state index is 12.0. The van der Waals surface area contributed by atoms with Crippen LogP contribution in [0.4, 0.5) is 5.69 Å². The number of nitrogens with one attached hydrogen (secondary N) is 2. The fourth-order valence-electron chi connectivity index (χ4n) is 2.14. The molecule has 1 amide bonds. The molecule has 0 unspecified atom stereocenters. The van der Waals surface area contributed by atoms with Gasteiger partial charge < -0.3 is 15.5 Å². The van der Waals surface area contributed by atoms with E-state index in [1.165, 1.54) is 5.56 Å². The minimum atomic E-state index is 0.0695. The first kappa shape index (κ1) is 16.5. The lowest BCUT2D eigenvalue weighted by atomic mass is 10.1. The Kier molecular flexibility index (Phi) is 7.09. The predicted octanol–water partition coefficient (Wildman–Crippen LogP) is 2.15. The zero-order chi connectivity index (χ0) is 15.0. The zero-order valence-electron chi connectivity index (χ0n) is 13.1. The largest absolute Gasteiger partial charge is 0.362 e. The Morgan fingerprint density at radius 3 is 2.55 bits per heavy atom. The van der Waals surface area contributed by atoms with Gasteiger partial charge in [0.2, 0.25) is 5.91 Å². The number of benzene rings is 1. The van der Waals surface area contributed by atoms with E-state index in [4.69, 9.17) is 0 Å². The summed E-state index contributed by atoms with van der Waals surface area (Å²) < 4.78 is 0. The molecule has 0 saturated heterocycles. The van der Waals surface area contributed by atoms with E-state index in [1.807, 2.05) is 26.0 Å². The molecule has 0 spiro atoms. The molecular weight excluding hydrogens is 250 g/mol. The van der Waals surface area contributed by atoms with E-state index in [1.54, 1.807) is 0 Å². The number of amides is 1. The van der Waals surface area contributed by atoms with Crippen molar-refractivity contribution in [3.8, 4) is 0 Å². The lowest BCUT2D eigenvalue weighted by molar-refractivity contribution is -0.120. The van der Waals surface area contributed by atoms with Crippen LogP contribution in [0.2, 0.25) is 0 Å². The average molecular weight is 277 g/mol. The summed E-state index contributed by atoms with van der Waals surface area (Å²) in [6, 6.07) is 8.43. The number of carbonyl (C=O) groups is 1. The lowest BCUT2D eigenvalue weighted by Crippen LogP contribution is -2.40. The first-order valence-electron chi connectivity index (χ1n) is 7.41. The molecule has 0 atom stereocenters. The Balaban J connectivity index is 2.80. The molecule has 0 radical (unpaired) electrons. The van der Waals surface area contributed by atoms with Gasteiger partial charge in [0.1, 0.15) is 0 Å². The highest BCUT2D eigenvalue weighted by atomic mass is 16.2. The normalized spacial score (nSPS) is 10.7. The molecule has 0 saturated carbocycles. The van der Waals surface area contributed by atoms with Gasteiger partial charge in [0.15, 0.2) is 0 Å². The summed E-state index contributed by atoms with van der Waals surface area (Å²) in [5.74, 6) is 0.0695. The standard InChI is InChI=1S/C16H27N3O/c1-5-17-11-14-9-7-8-10-15(14)19(6-2)12-16(20)18-13(3)4/h7-10,13,17H,5-6,11-12H2,1-4H3,(H,18,20). The van der Waals surface area contributed by atoms with E-state index in [9.17, 15) is 4.79 Å². The molecule has 112 valence electrons. The summed E-state index contributed by atoms with van der Waals surface area (Å²) in [5.41, 5.74) is 2.36.